The van der Waals surface area contributed by atoms with Gasteiger partial charge in [-0.3, -0.25) is 0 Å². The number of rotatable bonds is 9. The van der Waals surface area contributed by atoms with Crippen molar-refractivity contribution >= 4 is 43.6 Å². The van der Waals surface area contributed by atoms with E-state index in [-0.39, 0.29) is 10.8 Å². The zero-order valence-electron chi connectivity index (χ0n) is 45.1. The van der Waals surface area contributed by atoms with Crippen LogP contribution in [0.25, 0.3) is 99.8 Å². The Bertz CT molecular complexity index is 3940. The Morgan fingerprint density at radius 2 is 0.846 bits per heavy atom. The van der Waals surface area contributed by atoms with Gasteiger partial charge in [-0.15, -0.1) is 0 Å². The van der Waals surface area contributed by atoms with Crippen LogP contribution in [0.15, 0.2) is 188 Å². The molecule has 0 amide bonds. The van der Waals surface area contributed by atoms with Gasteiger partial charge in [0.25, 0.3) is 0 Å². The van der Waals surface area contributed by atoms with Gasteiger partial charge in [-0.05, 0) is 195 Å². The highest BCUT2D eigenvalue weighted by Gasteiger charge is 2.54. The summed E-state index contributed by atoms with van der Waals surface area (Å²) in [4.78, 5) is 17.6. The van der Waals surface area contributed by atoms with Crippen LogP contribution in [0, 0.1) is 35.5 Å². The standard InChI is InChI=1S/C73H67N5/c1-3-72(41-47-32-46(2)33-48(34-47)42-72)70-74-69(75-71(76-70)73-43-49-35-50(44-73)37-51(36-49)45-73)56-28-31-66(60(40-56)59-22-12-15-25-65(59)77-63-23-13-10-20-57(63)58-21-11-14-24-64(58)77)78-67-29-26-54(52-16-6-4-7-17-52)38-61(67)62-39-55(27-30-68(62)78)53-18-8-5-9-19-53/h4-31,38-40,46-51H,3,32-37,41-45H2,1-2H3. The van der Waals surface area contributed by atoms with Gasteiger partial charge in [0.15, 0.2) is 5.82 Å². The Labute approximate surface area is 458 Å². The average molecular weight is 1010 g/mol. The molecule has 2 atom stereocenters. The summed E-state index contributed by atoms with van der Waals surface area (Å²) in [6, 6.07) is 70.0. The van der Waals surface area contributed by atoms with Crippen molar-refractivity contribution < 1.29 is 0 Å². The van der Waals surface area contributed by atoms with E-state index >= 15 is 0 Å². The lowest BCUT2D eigenvalue weighted by Crippen LogP contribution is -2.50. The molecule has 78 heavy (non-hydrogen) atoms. The second kappa shape index (κ2) is 18.0. The van der Waals surface area contributed by atoms with Gasteiger partial charge in [0.2, 0.25) is 0 Å². The third-order valence-corrected chi connectivity index (χ3v) is 20.3. The van der Waals surface area contributed by atoms with E-state index in [2.05, 4.69) is 211 Å². The molecule has 0 radical (unpaired) electrons. The molecule has 3 aromatic heterocycles. The molecule has 6 aliphatic rings. The summed E-state index contributed by atoms with van der Waals surface area (Å²) in [7, 11) is 0. The smallest absolute Gasteiger partial charge is 0.163 e. The van der Waals surface area contributed by atoms with Crippen LogP contribution >= 0.6 is 0 Å². The van der Waals surface area contributed by atoms with Crippen LogP contribution in [0.3, 0.4) is 0 Å². The Morgan fingerprint density at radius 1 is 0.385 bits per heavy atom. The molecule has 6 fully saturated rings. The minimum absolute atomic E-state index is 0.0290. The molecular weight excluding hydrogens is 947 g/mol. The minimum Gasteiger partial charge on any atom is -0.309 e. The topological polar surface area (TPSA) is 48.5 Å². The molecule has 0 spiro atoms. The number of para-hydroxylation sites is 3. The summed E-state index contributed by atoms with van der Waals surface area (Å²) in [5, 5.41) is 4.97. The lowest BCUT2D eigenvalue weighted by atomic mass is 9.49. The maximum atomic E-state index is 5.90. The highest BCUT2D eigenvalue weighted by atomic mass is 15.1. The fourth-order valence-electron chi connectivity index (χ4n) is 17.5. The minimum atomic E-state index is -0.0471. The Hall–Kier alpha value is -7.63. The van der Waals surface area contributed by atoms with Crippen molar-refractivity contribution in [3.05, 3.63) is 200 Å². The van der Waals surface area contributed by atoms with Crippen LogP contribution in [0.5, 0.6) is 0 Å². The molecule has 6 aliphatic carbocycles. The number of benzene rings is 8. The van der Waals surface area contributed by atoms with Gasteiger partial charge in [0, 0.05) is 49.1 Å². The van der Waals surface area contributed by atoms with Crippen molar-refractivity contribution in [1.29, 1.82) is 0 Å². The fraction of sp³-hybridized carbons (Fsp3) is 0.301. The highest BCUT2D eigenvalue weighted by molar-refractivity contribution is 6.13. The van der Waals surface area contributed by atoms with E-state index in [9.17, 15) is 0 Å². The summed E-state index contributed by atoms with van der Waals surface area (Å²) in [6.45, 7) is 4.93. The van der Waals surface area contributed by atoms with Crippen molar-refractivity contribution in [2.24, 2.45) is 35.5 Å². The maximum absolute atomic E-state index is 5.90. The first-order valence-corrected chi connectivity index (χ1v) is 29.5. The monoisotopic (exact) mass is 1010 g/mol. The first kappa shape index (κ1) is 46.5. The number of hydrogen-bond acceptors (Lipinski definition) is 3. The SMILES string of the molecule is CCC1(c2nc(-c3ccc(-n4c5ccc(-c6ccccc6)cc5c5cc(-c6ccccc6)ccc54)c(-c4ccccc4-n4c5ccccc5c5ccccc54)c3)nc(C34CC5CC(CC(C5)C3)C4)n2)CC2CC(C)CC(C2)C1. The molecule has 0 N–H and O–H groups in total. The summed E-state index contributed by atoms with van der Waals surface area (Å²) in [5.41, 5.74) is 15.2. The van der Waals surface area contributed by atoms with Gasteiger partial charge in [0.1, 0.15) is 11.6 Å². The molecule has 6 saturated carbocycles. The number of aromatic nitrogens is 5. The summed E-state index contributed by atoms with van der Waals surface area (Å²) in [6.07, 6.45) is 15.3. The van der Waals surface area contributed by atoms with E-state index in [1.165, 1.54) is 136 Å². The summed E-state index contributed by atoms with van der Waals surface area (Å²) >= 11 is 0. The zero-order valence-corrected chi connectivity index (χ0v) is 45.1. The van der Waals surface area contributed by atoms with E-state index in [1.807, 2.05) is 0 Å². The third-order valence-electron chi connectivity index (χ3n) is 20.3. The fourth-order valence-corrected chi connectivity index (χ4v) is 17.5. The first-order valence-electron chi connectivity index (χ1n) is 29.5. The molecule has 11 aromatic rings. The molecule has 8 aromatic carbocycles. The Balaban J connectivity index is 0.962. The summed E-state index contributed by atoms with van der Waals surface area (Å²) in [5.74, 6) is 7.69. The van der Waals surface area contributed by atoms with Crippen molar-refractivity contribution in [2.75, 3.05) is 0 Å². The summed E-state index contributed by atoms with van der Waals surface area (Å²) < 4.78 is 5.04. The predicted octanol–water partition coefficient (Wildman–Crippen LogP) is 18.7. The lowest BCUT2D eigenvalue weighted by Gasteiger charge is -2.56. The molecule has 5 heteroatoms. The molecule has 384 valence electrons. The van der Waals surface area contributed by atoms with Gasteiger partial charge in [0.05, 0.1) is 33.4 Å². The Kier molecular flexibility index (Phi) is 10.7. The van der Waals surface area contributed by atoms with E-state index in [0.717, 1.165) is 87.5 Å². The van der Waals surface area contributed by atoms with E-state index < -0.39 is 0 Å². The van der Waals surface area contributed by atoms with Crippen LogP contribution in [0.1, 0.15) is 103 Å². The second-order valence-corrected chi connectivity index (χ2v) is 25.2. The maximum Gasteiger partial charge on any atom is 0.163 e. The van der Waals surface area contributed by atoms with Crippen LogP contribution in [-0.2, 0) is 10.8 Å². The van der Waals surface area contributed by atoms with E-state index in [0.29, 0.717) is 0 Å². The van der Waals surface area contributed by atoms with Gasteiger partial charge in [-0.1, -0.05) is 141 Å². The van der Waals surface area contributed by atoms with Crippen LogP contribution in [0.2, 0.25) is 0 Å². The van der Waals surface area contributed by atoms with Crippen LogP contribution in [-0.4, -0.2) is 24.1 Å². The molecule has 3 heterocycles. The number of fused-ring (bicyclic) bond motifs is 8. The predicted molar refractivity (Wildman–Crippen MR) is 321 cm³/mol. The average Bonchev–Trinajstić information content (AvgIpc) is 4.18. The van der Waals surface area contributed by atoms with Crippen molar-refractivity contribution in [2.45, 2.75) is 102 Å². The van der Waals surface area contributed by atoms with E-state index in [1.54, 1.807) is 0 Å². The van der Waals surface area contributed by atoms with Gasteiger partial charge in [-0.25, -0.2) is 15.0 Å². The van der Waals surface area contributed by atoms with Crippen molar-refractivity contribution in [3.8, 4) is 56.1 Å². The zero-order chi connectivity index (χ0) is 51.7. The normalized spacial score (nSPS) is 25.4. The van der Waals surface area contributed by atoms with Gasteiger partial charge >= 0.3 is 0 Å². The third kappa shape index (κ3) is 7.43. The van der Waals surface area contributed by atoms with Crippen molar-refractivity contribution in [1.82, 2.24) is 24.1 Å². The number of hydrogen-bond donors (Lipinski definition) is 0. The Morgan fingerprint density at radius 3 is 1.41 bits per heavy atom. The largest absolute Gasteiger partial charge is 0.309 e. The van der Waals surface area contributed by atoms with Gasteiger partial charge < -0.3 is 9.13 Å². The van der Waals surface area contributed by atoms with Gasteiger partial charge in [-0.2, -0.15) is 0 Å². The van der Waals surface area contributed by atoms with Crippen LogP contribution in [0.4, 0.5) is 0 Å². The van der Waals surface area contributed by atoms with Crippen molar-refractivity contribution in [3.63, 3.8) is 0 Å². The van der Waals surface area contributed by atoms with Crippen LogP contribution < -0.4 is 0 Å². The highest BCUT2D eigenvalue weighted by Crippen LogP contribution is 2.61. The molecule has 2 unspecified atom stereocenters. The molecule has 0 saturated heterocycles. The lowest BCUT2D eigenvalue weighted by molar-refractivity contribution is -0.00995. The molecular formula is C73H67N5. The number of nitrogens with zero attached hydrogens (tertiary/aromatic N) is 5. The first-order chi connectivity index (χ1) is 38.4. The quantitative estimate of drug-likeness (QED) is 0.145. The second-order valence-electron chi connectivity index (χ2n) is 25.2. The molecule has 0 aliphatic heterocycles. The molecule has 6 bridgehead atoms. The molecule has 5 nitrogen and oxygen atoms in total. The van der Waals surface area contributed by atoms with E-state index in [4.69, 9.17) is 15.0 Å². The molecule has 17 rings (SSSR count).